The van der Waals surface area contributed by atoms with E-state index in [4.69, 9.17) is 4.74 Å². The predicted octanol–water partition coefficient (Wildman–Crippen LogP) is 1.16. The van der Waals surface area contributed by atoms with Gasteiger partial charge in [-0.05, 0) is 24.3 Å². The number of nitrogens with one attached hydrogen (secondary N) is 1. The average molecular weight is 393 g/mol. The van der Waals surface area contributed by atoms with Crippen molar-refractivity contribution in [3.8, 4) is 11.6 Å². The molecule has 0 aliphatic heterocycles. The molecule has 0 amide bonds. The van der Waals surface area contributed by atoms with E-state index in [0.29, 0.717) is 17.2 Å². The van der Waals surface area contributed by atoms with E-state index < -0.39 is 5.97 Å². The Bertz CT molecular complexity index is 1280. The lowest BCUT2D eigenvalue weighted by atomic mass is 10.3. The zero-order valence-corrected chi connectivity index (χ0v) is 15.6. The van der Waals surface area contributed by atoms with Crippen LogP contribution in [0.25, 0.3) is 11.5 Å². The van der Waals surface area contributed by atoms with Crippen LogP contribution in [0.5, 0.6) is 5.75 Å². The van der Waals surface area contributed by atoms with Crippen molar-refractivity contribution in [2.45, 2.75) is 0 Å². The van der Waals surface area contributed by atoms with Crippen LogP contribution in [0.2, 0.25) is 0 Å². The summed E-state index contributed by atoms with van der Waals surface area (Å²) in [7, 11) is 3.17. The molecule has 0 aliphatic rings. The van der Waals surface area contributed by atoms with Crippen molar-refractivity contribution >= 4 is 23.1 Å². The molecule has 0 fully saturated rings. The second-order valence-electron chi connectivity index (χ2n) is 6.17. The SMILES string of the molecule is COc1cc(Nc2cccn(-c3ccccn3)c2=O)n[n+]2c(C(=O)O)cn(C)c12. The fourth-order valence-corrected chi connectivity index (χ4v) is 3.03. The molecular weight excluding hydrogens is 376 g/mol. The monoisotopic (exact) mass is 393 g/mol. The molecule has 4 aromatic heterocycles. The smallest absolute Gasteiger partial charge is 0.382 e. The number of methoxy groups -OCH3 is 1. The van der Waals surface area contributed by atoms with Gasteiger partial charge in [0.05, 0.1) is 14.2 Å². The summed E-state index contributed by atoms with van der Waals surface area (Å²) >= 11 is 0. The number of fused-ring (bicyclic) bond motifs is 1. The number of aromatic nitrogens is 5. The molecule has 0 atom stereocenters. The summed E-state index contributed by atoms with van der Waals surface area (Å²) in [5, 5.41) is 16.7. The van der Waals surface area contributed by atoms with Crippen molar-refractivity contribution in [1.82, 2.24) is 19.2 Å². The van der Waals surface area contributed by atoms with Gasteiger partial charge >= 0.3 is 11.6 Å². The highest BCUT2D eigenvalue weighted by Gasteiger charge is 2.26. The lowest BCUT2D eigenvalue weighted by Crippen LogP contribution is -2.33. The standard InChI is InChI=1S/C19H16N6O4/c1-23-11-13(19(27)28)25-17(23)14(29-2)10-15(22-25)21-12-6-5-9-24(18(12)26)16-7-3-4-8-20-16/h3-11H,1-2H3,(H-,21,22,27,28)/p+1. The summed E-state index contributed by atoms with van der Waals surface area (Å²) in [5.41, 5.74) is 0.349. The van der Waals surface area contributed by atoms with Gasteiger partial charge in [0.15, 0.2) is 5.82 Å². The maximum Gasteiger partial charge on any atom is 0.382 e. The minimum absolute atomic E-state index is 0.0385. The van der Waals surface area contributed by atoms with Crippen molar-refractivity contribution < 1.29 is 19.2 Å². The number of rotatable bonds is 5. The number of imidazole rings is 1. The van der Waals surface area contributed by atoms with E-state index >= 15 is 0 Å². The fraction of sp³-hybridized carbons (Fsp3) is 0.105. The Morgan fingerprint density at radius 2 is 2.10 bits per heavy atom. The molecule has 4 heterocycles. The molecule has 10 nitrogen and oxygen atoms in total. The molecule has 0 bridgehead atoms. The third-order valence-corrected chi connectivity index (χ3v) is 4.32. The quantitative estimate of drug-likeness (QED) is 0.489. The van der Waals surface area contributed by atoms with Gasteiger partial charge < -0.3 is 15.2 Å². The molecular formula is C19H17N6O4+. The van der Waals surface area contributed by atoms with E-state index in [0.717, 1.165) is 0 Å². The number of carbonyl (C=O) groups is 1. The van der Waals surface area contributed by atoms with E-state index in [1.807, 2.05) is 0 Å². The largest absolute Gasteiger partial charge is 0.489 e. The van der Waals surface area contributed by atoms with Gasteiger partial charge in [0.2, 0.25) is 5.75 Å². The normalized spacial score (nSPS) is 10.8. The molecule has 0 aliphatic carbocycles. The summed E-state index contributed by atoms with van der Waals surface area (Å²) in [6.45, 7) is 0. The van der Waals surface area contributed by atoms with Crippen LogP contribution in [-0.4, -0.2) is 37.4 Å². The molecule has 4 aromatic rings. The van der Waals surface area contributed by atoms with Crippen LogP contribution >= 0.6 is 0 Å². The van der Waals surface area contributed by atoms with Crippen molar-refractivity contribution in [3.05, 3.63) is 71.0 Å². The van der Waals surface area contributed by atoms with Gasteiger partial charge in [0.1, 0.15) is 17.7 Å². The maximum absolute atomic E-state index is 12.9. The van der Waals surface area contributed by atoms with Gasteiger partial charge in [-0.15, -0.1) is 0 Å². The third-order valence-electron chi connectivity index (χ3n) is 4.32. The van der Waals surface area contributed by atoms with Crippen LogP contribution in [0.1, 0.15) is 10.5 Å². The molecule has 29 heavy (non-hydrogen) atoms. The van der Waals surface area contributed by atoms with Crippen LogP contribution in [0.3, 0.4) is 0 Å². The molecule has 10 heteroatoms. The van der Waals surface area contributed by atoms with Gasteiger partial charge in [-0.1, -0.05) is 15.7 Å². The minimum atomic E-state index is -1.13. The number of carboxylic acids is 1. The number of hydrogen-bond acceptors (Lipinski definition) is 6. The van der Waals surface area contributed by atoms with Gasteiger partial charge in [-0.25, -0.2) is 14.3 Å². The number of ether oxygens (including phenoxy) is 1. The van der Waals surface area contributed by atoms with Crippen LogP contribution in [0.4, 0.5) is 11.5 Å². The molecule has 0 spiro atoms. The zero-order chi connectivity index (χ0) is 20.5. The maximum atomic E-state index is 12.9. The Kier molecular flexibility index (Phi) is 4.43. The third kappa shape index (κ3) is 3.16. The van der Waals surface area contributed by atoms with Gasteiger partial charge in [-0.3, -0.25) is 9.36 Å². The second-order valence-corrected chi connectivity index (χ2v) is 6.17. The Balaban J connectivity index is 1.82. The van der Waals surface area contributed by atoms with Gasteiger partial charge in [0, 0.05) is 18.5 Å². The average Bonchev–Trinajstić information content (AvgIpc) is 3.06. The lowest BCUT2D eigenvalue weighted by Gasteiger charge is -2.09. The van der Waals surface area contributed by atoms with E-state index in [1.54, 1.807) is 60.4 Å². The number of anilines is 2. The summed E-state index contributed by atoms with van der Waals surface area (Å²) in [6, 6.07) is 10.2. The molecule has 0 aromatic carbocycles. The molecule has 0 saturated heterocycles. The van der Waals surface area contributed by atoms with Crippen molar-refractivity contribution in [1.29, 1.82) is 0 Å². The summed E-state index contributed by atoms with van der Waals surface area (Å²) in [5.74, 6) is -0.000310. The summed E-state index contributed by atoms with van der Waals surface area (Å²) in [4.78, 5) is 28.6. The summed E-state index contributed by atoms with van der Waals surface area (Å²) < 4.78 is 9.65. The van der Waals surface area contributed by atoms with Crippen LogP contribution in [-0.2, 0) is 7.05 Å². The van der Waals surface area contributed by atoms with Crippen LogP contribution in [0.15, 0.2) is 59.8 Å². The Labute approximate surface area is 164 Å². The number of aromatic carboxylic acids is 1. The van der Waals surface area contributed by atoms with E-state index in [9.17, 15) is 14.7 Å². The first-order valence-electron chi connectivity index (χ1n) is 8.59. The van der Waals surface area contributed by atoms with Crippen molar-refractivity contribution in [2.75, 3.05) is 12.4 Å². The fourth-order valence-electron chi connectivity index (χ4n) is 3.03. The highest BCUT2D eigenvalue weighted by atomic mass is 16.5. The highest BCUT2D eigenvalue weighted by molar-refractivity contribution is 5.84. The van der Waals surface area contributed by atoms with Crippen molar-refractivity contribution in [3.63, 3.8) is 0 Å². The van der Waals surface area contributed by atoms with Gasteiger partial charge in [-0.2, -0.15) is 0 Å². The molecule has 146 valence electrons. The number of nitrogens with zero attached hydrogens (tertiary/aromatic N) is 5. The highest BCUT2D eigenvalue weighted by Crippen LogP contribution is 2.21. The number of carboxylic acid groups (broad SMARTS) is 1. The number of aryl methyl sites for hydroxylation is 1. The number of pyridine rings is 2. The van der Waals surface area contributed by atoms with Gasteiger partial charge in [0.25, 0.3) is 11.3 Å². The lowest BCUT2D eigenvalue weighted by molar-refractivity contribution is -0.581. The first kappa shape index (κ1) is 18.2. The topological polar surface area (TPSA) is 115 Å². The van der Waals surface area contributed by atoms with E-state index in [1.165, 1.54) is 22.4 Å². The molecule has 0 radical (unpaired) electrons. The first-order valence-corrected chi connectivity index (χ1v) is 8.59. The van der Waals surface area contributed by atoms with Crippen LogP contribution < -0.4 is 20.1 Å². The van der Waals surface area contributed by atoms with Crippen LogP contribution in [0, 0.1) is 0 Å². The second kappa shape index (κ2) is 7.08. The van der Waals surface area contributed by atoms with E-state index in [-0.39, 0.29) is 22.8 Å². The molecule has 0 unspecified atom stereocenters. The Hall–Kier alpha value is -4.21. The Morgan fingerprint density at radius 1 is 1.28 bits per heavy atom. The molecule has 4 rings (SSSR count). The zero-order valence-electron chi connectivity index (χ0n) is 15.6. The molecule has 2 N–H and O–H groups in total. The predicted molar refractivity (Wildman–Crippen MR) is 103 cm³/mol. The van der Waals surface area contributed by atoms with Crippen molar-refractivity contribution in [2.24, 2.45) is 7.05 Å². The number of hydrogen-bond donors (Lipinski definition) is 2. The molecule has 0 saturated carbocycles. The van der Waals surface area contributed by atoms with E-state index in [2.05, 4.69) is 15.4 Å². The Morgan fingerprint density at radius 3 is 2.79 bits per heavy atom. The summed E-state index contributed by atoms with van der Waals surface area (Å²) in [6.07, 6.45) is 4.65. The first-order chi connectivity index (χ1) is 14.0. The minimum Gasteiger partial charge on any atom is -0.489 e.